The van der Waals surface area contributed by atoms with Gasteiger partial charge in [0.05, 0.1) is 7.11 Å². The number of pyridine rings is 1. The van der Waals surface area contributed by atoms with Gasteiger partial charge in [-0.05, 0) is 32.0 Å². The maximum atomic E-state index is 13.8. The van der Waals surface area contributed by atoms with Gasteiger partial charge in [0.2, 0.25) is 5.95 Å². The van der Waals surface area contributed by atoms with Crippen molar-refractivity contribution in [2.75, 3.05) is 12.4 Å². The Morgan fingerprint density at radius 1 is 1.25 bits per heavy atom. The number of nitrogens with one attached hydrogen (secondary N) is 1. The Balaban J connectivity index is 2.03. The van der Waals surface area contributed by atoms with Crippen molar-refractivity contribution in [2.24, 2.45) is 0 Å². The standard InChI is InChI=1S/C17H17FN4O2/c1-10(2)22-15(23)7-4-11-9-19-17(21-16(11)22)20-12-5-6-14(24-3)13(18)8-12/h4-10H,1-3H3,(H,19,20,21). The van der Waals surface area contributed by atoms with Crippen LogP contribution in [-0.4, -0.2) is 21.6 Å². The molecule has 0 spiro atoms. The molecule has 6 nitrogen and oxygen atoms in total. The van der Waals surface area contributed by atoms with Crippen LogP contribution in [-0.2, 0) is 0 Å². The third-order valence-electron chi connectivity index (χ3n) is 3.59. The number of rotatable bonds is 4. The van der Waals surface area contributed by atoms with Gasteiger partial charge in [-0.2, -0.15) is 4.98 Å². The Hall–Kier alpha value is -2.96. The van der Waals surface area contributed by atoms with Gasteiger partial charge in [0.15, 0.2) is 11.6 Å². The Bertz CT molecular complexity index is 953. The fraction of sp³-hybridized carbons (Fsp3) is 0.235. The summed E-state index contributed by atoms with van der Waals surface area (Å²) in [5.41, 5.74) is 0.892. The van der Waals surface area contributed by atoms with Crippen LogP contribution in [0.25, 0.3) is 11.0 Å². The molecule has 0 fully saturated rings. The third kappa shape index (κ3) is 2.92. The van der Waals surface area contributed by atoms with E-state index in [0.717, 1.165) is 5.39 Å². The molecule has 0 atom stereocenters. The summed E-state index contributed by atoms with van der Waals surface area (Å²) in [5.74, 6) is -0.0388. The molecule has 3 aromatic rings. The second-order valence-electron chi connectivity index (χ2n) is 5.58. The number of methoxy groups -OCH3 is 1. The maximum absolute atomic E-state index is 13.8. The first kappa shape index (κ1) is 15.9. The van der Waals surface area contributed by atoms with Crippen LogP contribution >= 0.6 is 0 Å². The fourth-order valence-corrected chi connectivity index (χ4v) is 2.47. The first-order valence-electron chi connectivity index (χ1n) is 7.48. The number of benzene rings is 1. The number of hydrogen-bond acceptors (Lipinski definition) is 5. The van der Waals surface area contributed by atoms with Gasteiger partial charge in [-0.15, -0.1) is 0 Å². The highest BCUT2D eigenvalue weighted by atomic mass is 19.1. The molecule has 0 amide bonds. The molecule has 0 saturated heterocycles. The zero-order chi connectivity index (χ0) is 17.3. The van der Waals surface area contributed by atoms with E-state index in [1.807, 2.05) is 13.8 Å². The van der Waals surface area contributed by atoms with Gasteiger partial charge in [-0.25, -0.2) is 9.37 Å². The fourth-order valence-electron chi connectivity index (χ4n) is 2.47. The van der Waals surface area contributed by atoms with E-state index in [2.05, 4.69) is 15.3 Å². The van der Waals surface area contributed by atoms with Crippen LogP contribution in [0.15, 0.2) is 41.3 Å². The molecule has 2 heterocycles. The Kier molecular flexibility index (Phi) is 4.16. The summed E-state index contributed by atoms with van der Waals surface area (Å²) in [7, 11) is 1.41. The monoisotopic (exact) mass is 328 g/mol. The lowest BCUT2D eigenvalue weighted by Crippen LogP contribution is -2.22. The number of anilines is 2. The van der Waals surface area contributed by atoms with Gasteiger partial charge in [-0.3, -0.25) is 9.36 Å². The van der Waals surface area contributed by atoms with Gasteiger partial charge in [0.1, 0.15) is 5.65 Å². The number of nitrogens with zero attached hydrogens (tertiary/aromatic N) is 3. The molecule has 2 aromatic heterocycles. The van der Waals surface area contributed by atoms with Gasteiger partial charge >= 0.3 is 0 Å². The van der Waals surface area contributed by atoms with Crippen LogP contribution in [0.1, 0.15) is 19.9 Å². The molecule has 0 saturated carbocycles. The molecule has 24 heavy (non-hydrogen) atoms. The lowest BCUT2D eigenvalue weighted by Gasteiger charge is -2.13. The zero-order valence-corrected chi connectivity index (χ0v) is 13.6. The number of fused-ring (bicyclic) bond motifs is 1. The maximum Gasteiger partial charge on any atom is 0.252 e. The summed E-state index contributed by atoms with van der Waals surface area (Å²) in [4.78, 5) is 20.7. The molecule has 124 valence electrons. The Labute approximate surface area is 137 Å². The predicted molar refractivity (Wildman–Crippen MR) is 90.4 cm³/mol. The van der Waals surface area contributed by atoms with Crippen LogP contribution in [0.5, 0.6) is 5.75 Å². The summed E-state index contributed by atoms with van der Waals surface area (Å²) in [6, 6.07) is 7.62. The molecule has 0 aliphatic heterocycles. The lowest BCUT2D eigenvalue weighted by atomic mass is 10.3. The van der Waals surface area contributed by atoms with Crippen LogP contribution < -0.4 is 15.6 Å². The molecule has 0 aliphatic carbocycles. The van der Waals surface area contributed by atoms with Crippen molar-refractivity contribution < 1.29 is 9.13 Å². The van der Waals surface area contributed by atoms with E-state index in [-0.39, 0.29) is 23.3 Å². The largest absolute Gasteiger partial charge is 0.494 e. The third-order valence-corrected chi connectivity index (χ3v) is 3.59. The number of aromatic nitrogens is 3. The second-order valence-corrected chi connectivity index (χ2v) is 5.58. The van der Waals surface area contributed by atoms with E-state index in [9.17, 15) is 9.18 Å². The van der Waals surface area contributed by atoms with E-state index < -0.39 is 5.82 Å². The molecule has 1 aromatic carbocycles. The van der Waals surface area contributed by atoms with Crippen LogP contribution in [0.3, 0.4) is 0 Å². The van der Waals surface area contributed by atoms with Crippen molar-refractivity contribution in [1.82, 2.24) is 14.5 Å². The summed E-state index contributed by atoms with van der Waals surface area (Å²) in [6.07, 6.45) is 1.63. The van der Waals surface area contributed by atoms with Crippen molar-refractivity contribution in [2.45, 2.75) is 19.9 Å². The minimum atomic E-state index is -0.484. The molecular weight excluding hydrogens is 311 g/mol. The van der Waals surface area contributed by atoms with E-state index in [0.29, 0.717) is 11.3 Å². The van der Waals surface area contributed by atoms with Crippen LogP contribution in [0, 0.1) is 5.82 Å². The molecule has 0 unspecified atom stereocenters. The second kappa shape index (κ2) is 6.27. The SMILES string of the molecule is COc1ccc(Nc2ncc3ccc(=O)n(C(C)C)c3n2)cc1F. The smallest absolute Gasteiger partial charge is 0.252 e. The Morgan fingerprint density at radius 2 is 2.04 bits per heavy atom. The normalized spacial score (nSPS) is 11.0. The quantitative estimate of drug-likeness (QED) is 0.796. The van der Waals surface area contributed by atoms with E-state index in [1.54, 1.807) is 22.9 Å². The summed E-state index contributed by atoms with van der Waals surface area (Å²) < 4.78 is 20.3. The zero-order valence-electron chi connectivity index (χ0n) is 13.6. The highest BCUT2D eigenvalue weighted by molar-refractivity contribution is 5.75. The first-order valence-corrected chi connectivity index (χ1v) is 7.48. The molecule has 0 bridgehead atoms. The van der Waals surface area contributed by atoms with E-state index in [1.165, 1.54) is 25.3 Å². The van der Waals surface area contributed by atoms with Gasteiger partial charge in [-0.1, -0.05) is 0 Å². The van der Waals surface area contributed by atoms with E-state index >= 15 is 0 Å². The minimum absolute atomic E-state index is 0.0395. The summed E-state index contributed by atoms with van der Waals surface area (Å²) in [6.45, 7) is 3.82. The van der Waals surface area contributed by atoms with E-state index in [4.69, 9.17) is 4.74 Å². The molecule has 0 radical (unpaired) electrons. The topological polar surface area (TPSA) is 69.0 Å². The molecule has 7 heteroatoms. The number of hydrogen-bond donors (Lipinski definition) is 1. The van der Waals surface area contributed by atoms with Gasteiger partial charge < -0.3 is 10.1 Å². The van der Waals surface area contributed by atoms with Crippen molar-refractivity contribution >= 4 is 22.7 Å². The Morgan fingerprint density at radius 3 is 2.71 bits per heavy atom. The minimum Gasteiger partial charge on any atom is -0.494 e. The number of halogens is 1. The molecule has 0 aliphatic rings. The van der Waals surface area contributed by atoms with Crippen molar-refractivity contribution in [3.63, 3.8) is 0 Å². The molecule has 1 N–H and O–H groups in total. The van der Waals surface area contributed by atoms with Gasteiger partial charge in [0.25, 0.3) is 5.56 Å². The highest BCUT2D eigenvalue weighted by Gasteiger charge is 2.10. The van der Waals surface area contributed by atoms with Crippen LogP contribution in [0.4, 0.5) is 16.0 Å². The first-order chi connectivity index (χ1) is 11.5. The van der Waals surface area contributed by atoms with Crippen molar-refractivity contribution in [3.05, 3.63) is 52.7 Å². The predicted octanol–water partition coefficient (Wildman–Crippen LogP) is 3.26. The number of ether oxygens (including phenoxy) is 1. The van der Waals surface area contributed by atoms with Gasteiger partial charge in [0, 0.05) is 35.4 Å². The summed E-state index contributed by atoms with van der Waals surface area (Å²) in [5, 5.41) is 3.70. The average molecular weight is 328 g/mol. The lowest BCUT2D eigenvalue weighted by molar-refractivity contribution is 0.386. The molecular formula is C17H17FN4O2. The summed E-state index contributed by atoms with van der Waals surface area (Å²) >= 11 is 0. The average Bonchev–Trinajstić information content (AvgIpc) is 2.54. The molecule has 3 rings (SSSR count). The van der Waals surface area contributed by atoms with Crippen molar-refractivity contribution in [3.8, 4) is 5.75 Å². The van der Waals surface area contributed by atoms with Crippen LogP contribution in [0.2, 0.25) is 0 Å². The highest BCUT2D eigenvalue weighted by Crippen LogP contribution is 2.23. The van der Waals surface area contributed by atoms with Crippen molar-refractivity contribution in [1.29, 1.82) is 0 Å².